The number of hydrogen-bond acceptors (Lipinski definition) is 6. The molecule has 0 bridgehead atoms. The number of unbranched alkanes of at least 4 members (excludes halogenated alkanes) is 48. The molecular formula is C104H176N2O4. The third kappa shape index (κ3) is 54.2. The van der Waals surface area contributed by atoms with Crippen LogP contribution >= 0.6 is 0 Å². The van der Waals surface area contributed by atoms with Crippen LogP contribution in [0.2, 0.25) is 0 Å². The van der Waals surface area contributed by atoms with E-state index in [0.717, 1.165) is 45.3 Å². The van der Waals surface area contributed by atoms with Gasteiger partial charge in [0.2, 0.25) is 0 Å². The van der Waals surface area contributed by atoms with Gasteiger partial charge in [-0.15, -0.1) is 0 Å². The normalized spacial score (nSPS) is 13.0. The van der Waals surface area contributed by atoms with Gasteiger partial charge in [0.1, 0.15) is 23.0 Å². The van der Waals surface area contributed by atoms with E-state index in [0.29, 0.717) is 61.2 Å². The number of benzene rings is 3. The van der Waals surface area contributed by atoms with Crippen molar-refractivity contribution < 1.29 is 18.9 Å². The highest BCUT2D eigenvalue weighted by molar-refractivity contribution is 5.93. The first-order valence-electron chi connectivity index (χ1n) is 48.4. The Morgan fingerprint density at radius 1 is 0.236 bits per heavy atom. The Kier molecular flexibility index (Phi) is 66.2. The maximum absolute atomic E-state index is 11.1. The van der Waals surface area contributed by atoms with Crippen molar-refractivity contribution in [1.82, 2.24) is 0 Å². The van der Waals surface area contributed by atoms with Crippen LogP contribution in [-0.2, 0) is 0 Å². The molecule has 0 aliphatic rings. The van der Waals surface area contributed by atoms with Crippen LogP contribution in [0.1, 0.15) is 489 Å². The molecular weight excluding hydrogens is 1340 g/mol. The van der Waals surface area contributed by atoms with Gasteiger partial charge in [0, 0.05) is 12.1 Å². The summed E-state index contributed by atoms with van der Waals surface area (Å²) < 4.78 is 27.9. The SMILES string of the molecule is CCCCCCCCCCC(CCCCCCCC)COc1cc(/C=C(\C#N)c2ccc(/C(C#N)=C/c3cc(OCC(CCCCCCCC)CCCCCCCCCC)cc(OCC(CCCCCCCC)CCCCCCCCCC)c3)cc2)cc(OCC(CCCCCCCC)CCCCCCCCCC)c1. The van der Waals surface area contributed by atoms with Crippen molar-refractivity contribution in [1.29, 1.82) is 10.5 Å². The second-order valence-electron chi connectivity index (χ2n) is 34.4. The van der Waals surface area contributed by atoms with Crippen molar-refractivity contribution >= 4 is 23.3 Å². The molecule has 110 heavy (non-hydrogen) atoms. The minimum absolute atomic E-state index is 0.504. The number of nitriles is 2. The molecule has 0 radical (unpaired) electrons. The van der Waals surface area contributed by atoms with Gasteiger partial charge in [-0.25, -0.2) is 0 Å². The summed E-state index contributed by atoms with van der Waals surface area (Å²) in [6.45, 7) is 21.3. The molecule has 4 atom stereocenters. The van der Waals surface area contributed by atoms with Crippen molar-refractivity contribution in [3.05, 3.63) is 82.9 Å². The Bertz CT molecular complexity index is 2390. The van der Waals surface area contributed by atoms with Crippen molar-refractivity contribution in [2.45, 2.75) is 466 Å². The summed E-state index contributed by atoms with van der Waals surface area (Å²) in [4.78, 5) is 0. The second-order valence-corrected chi connectivity index (χ2v) is 34.4. The Morgan fingerprint density at radius 2 is 0.391 bits per heavy atom. The molecule has 0 aromatic heterocycles. The fourth-order valence-corrected chi connectivity index (χ4v) is 16.4. The van der Waals surface area contributed by atoms with Gasteiger partial charge in [0.15, 0.2) is 0 Å². The lowest BCUT2D eigenvalue weighted by Crippen LogP contribution is -2.14. The molecule has 0 aliphatic heterocycles. The molecule has 6 heteroatoms. The lowest BCUT2D eigenvalue weighted by atomic mass is 9.94. The predicted molar refractivity (Wildman–Crippen MR) is 483 cm³/mol. The van der Waals surface area contributed by atoms with Gasteiger partial charge in [-0.2, -0.15) is 10.5 Å². The molecule has 0 fully saturated rings. The molecule has 3 rings (SSSR count). The monoisotopic (exact) mass is 1520 g/mol. The molecule has 3 aromatic carbocycles. The largest absolute Gasteiger partial charge is 0.493 e. The highest BCUT2D eigenvalue weighted by atomic mass is 16.5. The maximum Gasteiger partial charge on any atom is 0.123 e. The van der Waals surface area contributed by atoms with Gasteiger partial charge in [-0.3, -0.25) is 0 Å². The van der Waals surface area contributed by atoms with Gasteiger partial charge >= 0.3 is 0 Å². The summed E-state index contributed by atoms with van der Waals surface area (Å²) in [5.41, 5.74) is 4.57. The quantitative estimate of drug-likeness (QED) is 0.0318. The summed E-state index contributed by atoms with van der Waals surface area (Å²) in [6.07, 6.45) is 87.7. The maximum atomic E-state index is 11.1. The Labute approximate surface area is 683 Å². The van der Waals surface area contributed by atoms with Crippen LogP contribution in [0, 0.1) is 46.3 Å². The van der Waals surface area contributed by atoms with E-state index in [9.17, 15) is 10.5 Å². The Balaban J connectivity index is 2.08. The van der Waals surface area contributed by atoms with Crippen molar-refractivity contribution in [2.75, 3.05) is 26.4 Å². The van der Waals surface area contributed by atoms with Crippen molar-refractivity contribution in [3.63, 3.8) is 0 Å². The van der Waals surface area contributed by atoms with E-state index >= 15 is 0 Å². The summed E-state index contributed by atoms with van der Waals surface area (Å²) in [7, 11) is 0. The lowest BCUT2D eigenvalue weighted by Gasteiger charge is -2.20. The van der Waals surface area contributed by atoms with E-state index in [2.05, 4.69) is 104 Å². The standard InChI is InChI=1S/C104H176N2O4/c1-9-17-25-33-41-45-53-61-69-91(65-57-49-37-29-21-13-5)87-107-101-79-95(80-102(83-101)108-88-92(66-58-50-38-30-22-14-6)70-62-54-46-42-34-26-18-10-2)77-99(85-105)97-73-75-98(76-74-97)100(86-106)78-96-81-103(109-89-93(67-59-51-39-31-23-15-7)71-63-55-47-43-35-27-19-11-3)84-104(82-96)110-90-94(68-60-52-40-32-24-16-8)72-64-56-48-44-36-28-20-12-4/h73-84,91-94H,9-72,87-90H2,1-8H3/b99-77+,100-78+. The molecule has 0 saturated carbocycles. The fourth-order valence-electron chi connectivity index (χ4n) is 16.4. The molecule has 6 nitrogen and oxygen atoms in total. The van der Waals surface area contributed by atoms with Gasteiger partial charge in [-0.05, 0) is 134 Å². The molecule has 0 aliphatic carbocycles. The Morgan fingerprint density at radius 3 is 0.545 bits per heavy atom. The van der Waals surface area contributed by atoms with E-state index in [-0.39, 0.29) is 0 Å². The third-order valence-electron chi connectivity index (χ3n) is 23.8. The molecule has 0 saturated heterocycles. The van der Waals surface area contributed by atoms with E-state index < -0.39 is 0 Å². The molecule has 0 amide bonds. The summed E-state index contributed by atoms with van der Waals surface area (Å²) in [5, 5.41) is 22.2. The van der Waals surface area contributed by atoms with Crippen LogP contribution in [0.4, 0.5) is 0 Å². The highest BCUT2D eigenvalue weighted by Crippen LogP contribution is 2.34. The van der Waals surface area contributed by atoms with E-state index in [4.69, 9.17) is 18.9 Å². The lowest BCUT2D eigenvalue weighted by molar-refractivity contribution is 0.214. The summed E-state index contributed by atoms with van der Waals surface area (Å²) >= 11 is 0. The fraction of sp³-hybridized carbons (Fsp3) is 0.769. The average molecular weight is 1520 g/mol. The minimum atomic E-state index is 0.504. The molecule has 0 heterocycles. The van der Waals surface area contributed by atoms with Gasteiger partial charge in [-0.1, -0.05) is 439 Å². The number of allylic oxidation sites excluding steroid dienone is 2. The first-order chi connectivity index (χ1) is 54.3. The van der Waals surface area contributed by atoms with Gasteiger partial charge in [0.05, 0.1) is 49.7 Å². The second kappa shape index (κ2) is 73.2. The predicted octanol–water partition coefficient (Wildman–Crippen LogP) is 34.9. The Hall–Kier alpha value is -4.68. The van der Waals surface area contributed by atoms with Crippen LogP contribution in [0.3, 0.4) is 0 Å². The summed E-state index contributed by atoms with van der Waals surface area (Å²) in [5.74, 6) is 5.32. The number of rotatable bonds is 80. The van der Waals surface area contributed by atoms with Crippen molar-refractivity contribution in [3.8, 4) is 35.1 Å². The molecule has 626 valence electrons. The van der Waals surface area contributed by atoms with E-state index in [1.165, 1.54) is 411 Å². The van der Waals surface area contributed by atoms with E-state index in [1.807, 2.05) is 36.4 Å². The van der Waals surface area contributed by atoms with Crippen LogP contribution in [0.15, 0.2) is 60.7 Å². The van der Waals surface area contributed by atoms with Crippen LogP contribution in [0.5, 0.6) is 23.0 Å². The van der Waals surface area contributed by atoms with Crippen LogP contribution in [0.25, 0.3) is 23.3 Å². The first-order valence-corrected chi connectivity index (χ1v) is 48.4. The highest BCUT2D eigenvalue weighted by Gasteiger charge is 2.18. The molecule has 3 aromatic rings. The van der Waals surface area contributed by atoms with E-state index in [1.54, 1.807) is 0 Å². The zero-order valence-corrected chi connectivity index (χ0v) is 73.8. The number of nitrogens with zero attached hydrogens (tertiary/aromatic N) is 2. The number of ether oxygens (including phenoxy) is 4. The molecule has 0 N–H and O–H groups in total. The zero-order valence-electron chi connectivity index (χ0n) is 73.8. The topological polar surface area (TPSA) is 84.5 Å². The van der Waals surface area contributed by atoms with Crippen LogP contribution < -0.4 is 18.9 Å². The number of hydrogen-bond donors (Lipinski definition) is 0. The zero-order chi connectivity index (χ0) is 78.9. The summed E-state index contributed by atoms with van der Waals surface area (Å²) in [6, 6.07) is 26.1. The van der Waals surface area contributed by atoms with Crippen molar-refractivity contribution in [2.24, 2.45) is 23.7 Å². The average Bonchev–Trinajstić information content (AvgIpc) is 0.835. The minimum Gasteiger partial charge on any atom is -0.493 e. The van der Waals surface area contributed by atoms with Gasteiger partial charge < -0.3 is 18.9 Å². The third-order valence-corrected chi connectivity index (χ3v) is 23.8. The molecule has 0 spiro atoms. The smallest absolute Gasteiger partial charge is 0.123 e. The molecule has 4 unspecified atom stereocenters. The van der Waals surface area contributed by atoms with Gasteiger partial charge in [0.25, 0.3) is 0 Å². The van der Waals surface area contributed by atoms with Crippen LogP contribution in [-0.4, -0.2) is 26.4 Å². The first kappa shape index (κ1) is 99.5.